The molecule has 0 aliphatic carbocycles. The molecule has 0 saturated heterocycles. The zero-order valence-electron chi connectivity index (χ0n) is 14.3. The number of aromatic nitrogens is 1. The van der Waals surface area contributed by atoms with Crippen molar-refractivity contribution >= 4 is 11.6 Å². The van der Waals surface area contributed by atoms with Crippen LogP contribution in [-0.4, -0.2) is 17.4 Å². The molecule has 0 spiro atoms. The first-order chi connectivity index (χ1) is 12.7. The Kier molecular flexibility index (Phi) is 5.93. The molecule has 0 atom stereocenters. The number of hydrogen-bond acceptors (Lipinski definition) is 3. The van der Waals surface area contributed by atoms with Gasteiger partial charge < -0.3 is 10.6 Å². The second kappa shape index (κ2) is 8.76. The van der Waals surface area contributed by atoms with Gasteiger partial charge in [0.25, 0.3) is 5.91 Å². The molecule has 0 aliphatic rings. The first-order valence-corrected chi connectivity index (χ1v) is 8.46. The molecule has 1 amide bonds. The number of carbonyl (C=O) groups is 1. The molecule has 3 aromatic rings. The lowest BCUT2D eigenvalue weighted by molar-refractivity contribution is 0.0950. The quantitative estimate of drug-likeness (QED) is 0.682. The van der Waals surface area contributed by atoms with E-state index in [1.807, 2.05) is 18.2 Å². The fraction of sp³-hybridized carbons (Fsp3) is 0.143. The maximum Gasteiger partial charge on any atom is 0.253 e. The number of nitrogens with zero attached hydrogens (tertiary/aromatic N) is 1. The van der Waals surface area contributed by atoms with E-state index in [0.717, 1.165) is 24.2 Å². The number of carbonyl (C=O) groups excluding carboxylic acids is 1. The zero-order valence-corrected chi connectivity index (χ0v) is 14.3. The largest absolute Gasteiger partial charge is 0.383 e. The number of anilines is 1. The third-order valence-corrected chi connectivity index (χ3v) is 3.95. The predicted octanol–water partition coefficient (Wildman–Crippen LogP) is 3.81. The van der Waals surface area contributed by atoms with Crippen LogP contribution in [0.3, 0.4) is 0 Å². The fourth-order valence-corrected chi connectivity index (χ4v) is 2.54. The van der Waals surface area contributed by atoms with Crippen LogP contribution in [0.25, 0.3) is 0 Å². The van der Waals surface area contributed by atoms with E-state index in [-0.39, 0.29) is 11.7 Å². The van der Waals surface area contributed by atoms with Crippen LogP contribution in [0.5, 0.6) is 0 Å². The van der Waals surface area contributed by atoms with Gasteiger partial charge >= 0.3 is 0 Å². The van der Waals surface area contributed by atoms with E-state index in [1.54, 1.807) is 24.4 Å². The molecule has 0 fully saturated rings. The van der Waals surface area contributed by atoms with Gasteiger partial charge in [-0.25, -0.2) is 4.39 Å². The Hall–Kier alpha value is -3.21. The number of nitrogens with one attached hydrogen (secondary N) is 2. The lowest BCUT2D eigenvalue weighted by Crippen LogP contribution is -2.23. The van der Waals surface area contributed by atoms with Crippen molar-refractivity contribution in [1.82, 2.24) is 10.3 Å². The molecular weight excluding hydrogens is 329 g/mol. The highest BCUT2D eigenvalue weighted by molar-refractivity contribution is 5.94. The third kappa shape index (κ3) is 5.14. The van der Waals surface area contributed by atoms with Crippen molar-refractivity contribution in [3.05, 3.63) is 95.6 Å². The van der Waals surface area contributed by atoms with E-state index < -0.39 is 0 Å². The average Bonchev–Trinajstić information content (AvgIpc) is 2.68. The van der Waals surface area contributed by atoms with Gasteiger partial charge in [-0.3, -0.25) is 9.78 Å². The predicted molar refractivity (Wildman–Crippen MR) is 100 cm³/mol. The summed E-state index contributed by atoms with van der Waals surface area (Å²) in [6.45, 7) is 1.09. The van der Waals surface area contributed by atoms with Gasteiger partial charge in [-0.15, -0.1) is 0 Å². The summed E-state index contributed by atoms with van der Waals surface area (Å²) < 4.78 is 12.9. The first-order valence-electron chi connectivity index (χ1n) is 8.46. The van der Waals surface area contributed by atoms with Gasteiger partial charge in [0.05, 0.1) is 11.3 Å². The average molecular weight is 349 g/mol. The van der Waals surface area contributed by atoms with E-state index in [9.17, 15) is 9.18 Å². The highest BCUT2D eigenvalue weighted by Gasteiger charge is 2.07. The zero-order chi connectivity index (χ0) is 18.2. The lowest BCUT2D eigenvalue weighted by atomic mass is 10.1. The standard InChI is InChI=1S/C21H20FN3O/c22-19-8-6-17(7-9-19)13-25-21(26)18-12-20(15-23-14-18)24-11-10-16-4-2-1-3-5-16/h1-9,12,14-15,24H,10-11,13H2,(H,25,26). The lowest BCUT2D eigenvalue weighted by Gasteiger charge is -2.09. The number of rotatable bonds is 7. The van der Waals surface area contributed by atoms with E-state index in [4.69, 9.17) is 0 Å². The van der Waals surface area contributed by atoms with Crippen LogP contribution in [0.2, 0.25) is 0 Å². The molecule has 132 valence electrons. The van der Waals surface area contributed by atoms with Crippen molar-refractivity contribution in [2.75, 3.05) is 11.9 Å². The van der Waals surface area contributed by atoms with E-state index >= 15 is 0 Å². The van der Waals surface area contributed by atoms with Gasteiger partial charge in [-0.05, 0) is 35.7 Å². The maximum absolute atomic E-state index is 12.9. The fourth-order valence-electron chi connectivity index (χ4n) is 2.54. The minimum absolute atomic E-state index is 0.214. The summed E-state index contributed by atoms with van der Waals surface area (Å²) in [6, 6.07) is 18.0. The van der Waals surface area contributed by atoms with Crippen LogP contribution in [0.4, 0.5) is 10.1 Å². The number of hydrogen-bond donors (Lipinski definition) is 2. The summed E-state index contributed by atoms with van der Waals surface area (Å²) in [5, 5.41) is 6.10. The van der Waals surface area contributed by atoms with Gasteiger partial charge in [0.2, 0.25) is 0 Å². The van der Waals surface area contributed by atoms with Crippen LogP contribution < -0.4 is 10.6 Å². The number of halogens is 1. The number of pyridine rings is 1. The van der Waals surface area contributed by atoms with E-state index in [1.165, 1.54) is 23.9 Å². The van der Waals surface area contributed by atoms with Crippen molar-refractivity contribution < 1.29 is 9.18 Å². The molecular formula is C21H20FN3O. The topological polar surface area (TPSA) is 54.0 Å². The normalized spacial score (nSPS) is 10.3. The highest BCUT2D eigenvalue weighted by Crippen LogP contribution is 2.10. The van der Waals surface area contributed by atoms with Gasteiger partial charge in [0.15, 0.2) is 0 Å². The summed E-state index contributed by atoms with van der Waals surface area (Å²) in [6.07, 6.45) is 4.12. The Morgan fingerprint density at radius 1 is 0.962 bits per heavy atom. The summed E-state index contributed by atoms with van der Waals surface area (Å²) >= 11 is 0. The first kappa shape index (κ1) is 17.6. The molecule has 0 bridgehead atoms. The smallest absolute Gasteiger partial charge is 0.253 e. The van der Waals surface area contributed by atoms with Crippen molar-refractivity contribution in [3.8, 4) is 0 Å². The monoisotopic (exact) mass is 349 g/mol. The van der Waals surface area contributed by atoms with Crippen LogP contribution in [-0.2, 0) is 13.0 Å². The minimum Gasteiger partial charge on any atom is -0.383 e. The summed E-state index contributed by atoms with van der Waals surface area (Å²) in [4.78, 5) is 16.4. The Balaban J connectivity index is 1.52. The molecule has 2 N–H and O–H groups in total. The highest BCUT2D eigenvalue weighted by atomic mass is 19.1. The van der Waals surface area contributed by atoms with Crippen molar-refractivity contribution in [1.29, 1.82) is 0 Å². The summed E-state index contributed by atoms with van der Waals surface area (Å²) in [5.41, 5.74) is 3.37. The minimum atomic E-state index is -0.293. The summed E-state index contributed by atoms with van der Waals surface area (Å²) in [5.74, 6) is -0.507. The molecule has 26 heavy (non-hydrogen) atoms. The SMILES string of the molecule is O=C(NCc1ccc(F)cc1)c1cncc(NCCc2ccccc2)c1. The Morgan fingerprint density at radius 3 is 2.50 bits per heavy atom. The van der Waals surface area contributed by atoms with Gasteiger partial charge in [-0.2, -0.15) is 0 Å². The van der Waals surface area contributed by atoms with Crippen molar-refractivity contribution in [2.24, 2.45) is 0 Å². The molecule has 0 unspecified atom stereocenters. The van der Waals surface area contributed by atoms with Gasteiger partial charge in [0.1, 0.15) is 5.82 Å². The van der Waals surface area contributed by atoms with Crippen molar-refractivity contribution in [2.45, 2.75) is 13.0 Å². The molecule has 0 saturated carbocycles. The molecule has 3 rings (SSSR count). The van der Waals surface area contributed by atoms with E-state index in [0.29, 0.717) is 12.1 Å². The number of benzene rings is 2. The van der Waals surface area contributed by atoms with Gasteiger partial charge in [-0.1, -0.05) is 42.5 Å². The van der Waals surface area contributed by atoms with Crippen molar-refractivity contribution in [3.63, 3.8) is 0 Å². The second-order valence-corrected chi connectivity index (χ2v) is 5.93. The van der Waals surface area contributed by atoms with Gasteiger partial charge in [0, 0.05) is 25.5 Å². The second-order valence-electron chi connectivity index (χ2n) is 5.93. The third-order valence-electron chi connectivity index (χ3n) is 3.95. The molecule has 1 heterocycles. The Bertz CT molecular complexity index is 851. The van der Waals surface area contributed by atoms with Crippen LogP contribution in [0, 0.1) is 5.82 Å². The van der Waals surface area contributed by atoms with Crippen LogP contribution in [0.1, 0.15) is 21.5 Å². The number of amides is 1. The Morgan fingerprint density at radius 2 is 1.73 bits per heavy atom. The van der Waals surface area contributed by atoms with Crippen LogP contribution in [0.15, 0.2) is 73.1 Å². The van der Waals surface area contributed by atoms with E-state index in [2.05, 4.69) is 27.8 Å². The van der Waals surface area contributed by atoms with Crippen LogP contribution >= 0.6 is 0 Å². The molecule has 4 nitrogen and oxygen atoms in total. The molecule has 2 aromatic carbocycles. The molecule has 5 heteroatoms. The molecule has 1 aromatic heterocycles. The maximum atomic E-state index is 12.9. The Labute approximate surface area is 152 Å². The summed E-state index contributed by atoms with van der Waals surface area (Å²) in [7, 11) is 0. The molecule has 0 radical (unpaired) electrons. The molecule has 0 aliphatic heterocycles.